The average Bonchev–Trinajstić information content (AvgIpc) is 2.65. The number of ketones is 2. The van der Waals surface area contributed by atoms with Crippen LogP contribution in [0, 0.1) is 0 Å². The van der Waals surface area contributed by atoms with E-state index in [9.17, 15) is 14.4 Å². The van der Waals surface area contributed by atoms with Gasteiger partial charge in [-0.05, 0) is 18.2 Å². The number of nitrogens with one attached hydrogen (secondary N) is 2. The maximum Gasteiger partial charge on any atom is 0.323 e. The second-order valence-corrected chi connectivity index (χ2v) is 3.79. The first kappa shape index (κ1) is 10.8. The Bertz CT molecular complexity index is 626. The fraction of sp³-hybridized carbons (Fsp3) is 0.100. The molecule has 0 saturated heterocycles. The van der Waals surface area contributed by atoms with Gasteiger partial charge in [0.15, 0.2) is 0 Å². The zero-order valence-corrected chi connectivity index (χ0v) is 9.63. The molecule has 1 heterocycles. The standard InChI is InChI=1S/C10H7BrN2O3/c11-4-8(14)9(15)5-1-2-6-7(3-5)13-10(16)12-6/h1-3H,4H2,(H2,12,13,16). The smallest absolute Gasteiger partial charge is 0.306 e. The van der Waals surface area contributed by atoms with Crippen molar-refractivity contribution in [2.45, 2.75) is 0 Å². The van der Waals surface area contributed by atoms with Crippen LogP contribution in [0.3, 0.4) is 0 Å². The predicted molar refractivity (Wildman–Crippen MR) is 62.1 cm³/mol. The highest BCUT2D eigenvalue weighted by molar-refractivity contribution is 9.09. The van der Waals surface area contributed by atoms with Crippen molar-refractivity contribution in [1.82, 2.24) is 9.97 Å². The molecule has 0 atom stereocenters. The van der Waals surface area contributed by atoms with Crippen molar-refractivity contribution in [3.63, 3.8) is 0 Å². The van der Waals surface area contributed by atoms with Crippen molar-refractivity contribution in [1.29, 1.82) is 0 Å². The molecule has 2 aromatic rings. The number of imidazole rings is 1. The molecule has 0 radical (unpaired) electrons. The maximum absolute atomic E-state index is 11.5. The summed E-state index contributed by atoms with van der Waals surface area (Å²) in [5.41, 5.74) is 1.05. The van der Waals surface area contributed by atoms with Crippen molar-refractivity contribution < 1.29 is 9.59 Å². The van der Waals surface area contributed by atoms with Gasteiger partial charge in [-0.2, -0.15) is 0 Å². The van der Waals surface area contributed by atoms with E-state index in [1.54, 1.807) is 6.07 Å². The number of halogens is 1. The number of hydrogen-bond donors (Lipinski definition) is 2. The molecule has 0 saturated carbocycles. The molecule has 0 aliphatic rings. The third-order valence-electron chi connectivity index (χ3n) is 2.15. The van der Waals surface area contributed by atoms with Gasteiger partial charge in [-0.3, -0.25) is 9.59 Å². The third kappa shape index (κ3) is 1.83. The highest BCUT2D eigenvalue weighted by atomic mass is 79.9. The fourth-order valence-electron chi connectivity index (χ4n) is 1.40. The average molecular weight is 283 g/mol. The van der Waals surface area contributed by atoms with Crippen LogP contribution in [0.2, 0.25) is 0 Å². The molecular formula is C10H7BrN2O3. The van der Waals surface area contributed by atoms with Crippen LogP contribution in [0.1, 0.15) is 10.4 Å². The Balaban J connectivity index is 2.50. The molecule has 0 aliphatic carbocycles. The van der Waals surface area contributed by atoms with Gasteiger partial charge in [0.1, 0.15) is 0 Å². The lowest BCUT2D eigenvalue weighted by Gasteiger charge is -1.97. The first-order valence-corrected chi connectivity index (χ1v) is 5.59. The third-order valence-corrected chi connectivity index (χ3v) is 2.66. The highest BCUT2D eigenvalue weighted by Gasteiger charge is 2.15. The van der Waals surface area contributed by atoms with Crippen molar-refractivity contribution in [2.75, 3.05) is 5.33 Å². The summed E-state index contributed by atoms with van der Waals surface area (Å²) < 4.78 is 0. The van der Waals surface area contributed by atoms with Gasteiger partial charge in [0.05, 0.1) is 16.4 Å². The Hall–Kier alpha value is -1.69. The van der Waals surface area contributed by atoms with Crippen LogP contribution in [0.5, 0.6) is 0 Å². The van der Waals surface area contributed by atoms with Gasteiger partial charge in [0, 0.05) is 5.56 Å². The molecule has 16 heavy (non-hydrogen) atoms. The van der Waals surface area contributed by atoms with Gasteiger partial charge < -0.3 is 9.97 Å². The summed E-state index contributed by atoms with van der Waals surface area (Å²) >= 11 is 2.93. The van der Waals surface area contributed by atoms with Crippen LogP contribution in [-0.2, 0) is 4.79 Å². The van der Waals surface area contributed by atoms with Crippen molar-refractivity contribution in [3.05, 3.63) is 34.2 Å². The Morgan fingerprint density at radius 3 is 2.56 bits per heavy atom. The van der Waals surface area contributed by atoms with E-state index in [0.29, 0.717) is 11.0 Å². The SMILES string of the molecule is O=C(CBr)C(=O)c1ccc2[nH]c(=O)[nH]c2c1. The van der Waals surface area contributed by atoms with Crippen LogP contribution < -0.4 is 5.69 Å². The maximum atomic E-state index is 11.5. The molecule has 0 bridgehead atoms. The molecule has 2 N–H and O–H groups in total. The number of rotatable bonds is 3. The Morgan fingerprint density at radius 1 is 1.19 bits per heavy atom. The monoisotopic (exact) mass is 282 g/mol. The minimum Gasteiger partial charge on any atom is -0.306 e. The number of carbonyl (C=O) groups excluding carboxylic acids is 2. The number of carbonyl (C=O) groups is 2. The van der Waals surface area contributed by atoms with E-state index in [0.717, 1.165) is 0 Å². The minimum atomic E-state index is -0.569. The van der Waals surface area contributed by atoms with Gasteiger partial charge in [0.25, 0.3) is 0 Å². The molecule has 2 rings (SSSR count). The Morgan fingerprint density at radius 2 is 1.88 bits per heavy atom. The van der Waals surface area contributed by atoms with E-state index in [2.05, 4.69) is 25.9 Å². The molecule has 0 spiro atoms. The van der Waals surface area contributed by atoms with E-state index in [1.807, 2.05) is 0 Å². The Kier molecular flexibility index (Phi) is 2.74. The van der Waals surface area contributed by atoms with E-state index in [4.69, 9.17) is 0 Å². The van der Waals surface area contributed by atoms with Gasteiger partial charge in [-0.15, -0.1) is 0 Å². The number of hydrogen-bond acceptors (Lipinski definition) is 3. The molecule has 82 valence electrons. The molecule has 5 nitrogen and oxygen atoms in total. The quantitative estimate of drug-likeness (QED) is 0.501. The second kappa shape index (κ2) is 4.05. The Labute approximate surface area is 98.0 Å². The number of H-pyrrole nitrogens is 2. The zero-order valence-electron chi connectivity index (χ0n) is 8.04. The van der Waals surface area contributed by atoms with Crippen LogP contribution in [0.25, 0.3) is 11.0 Å². The highest BCUT2D eigenvalue weighted by Crippen LogP contribution is 2.11. The first-order valence-electron chi connectivity index (χ1n) is 4.47. The number of Topliss-reactive ketones (excluding diaryl/α,β-unsaturated/α-hetero) is 2. The van der Waals surface area contributed by atoms with E-state index >= 15 is 0 Å². The zero-order chi connectivity index (χ0) is 11.7. The van der Waals surface area contributed by atoms with Gasteiger partial charge in [0.2, 0.25) is 11.6 Å². The topological polar surface area (TPSA) is 82.8 Å². The summed E-state index contributed by atoms with van der Waals surface area (Å²) in [5, 5.41) is -0.00642. The van der Waals surface area contributed by atoms with Gasteiger partial charge >= 0.3 is 5.69 Å². The minimum absolute atomic E-state index is 0.00642. The summed E-state index contributed by atoms with van der Waals surface area (Å²) in [4.78, 5) is 38.8. The molecule has 1 aromatic carbocycles. The summed E-state index contributed by atoms with van der Waals surface area (Å²) in [6.07, 6.45) is 0. The van der Waals surface area contributed by atoms with E-state index in [-0.39, 0.29) is 16.6 Å². The van der Waals surface area contributed by atoms with Gasteiger partial charge in [-0.25, -0.2) is 4.79 Å². The lowest BCUT2D eigenvalue weighted by molar-refractivity contribution is -0.112. The lowest BCUT2D eigenvalue weighted by Crippen LogP contribution is -2.14. The first-order chi connectivity index (χ1) is 7.61. The normalized spacial score (nSPS) is 10.6. The summed E-state index contributed by atoms with van der Waals surface area (Å²) in [6, 6.07) is 4.58. The lowest BCUT2D eigenvalue weighted by atomic mass is 10.1. The molecule has 6 heteroatoms. The van der Waals surface area contributed by atoms with Crippen LogP contribution in [-0.4, -0.2) is 26.9 Å². The number of aromatic amines is 2. The van der Waals surface area contributed by atoms with E-state index < -0.39 is 11.6 Å². The van der Waals surface area contributed by atoms with Gasteiger partial charge in [-0.1, -0.05) is 15.9 Å². The summed E-state index contributed by atoms with van der Waals surface area (Å²) in [6.45, 7) is 0. The second-order valence-electron chi connectivity index (χ2n) is 3.23. The number of alkyl halides is 1. The van der Waals surface area contributed by atoms with Crippen LogP contribution in [0.4, 0.5) is 0 Å². The van der Waals surface area contributed by atoms with Crippen LogP contribution >= 0.6 is 15.9 Å². The van der Waals surface area contributed by atoms with Crippen LogP contribution in [0.15, 0.2) is 23.0 Å². The number of benzene rings is 1. The van der Waals surface area contributed by atoms with Crippen molar-refractivity contribution >= 4 is 38.5 Å². The predicted octanol–water partition coefficient (Wildman–Crippen LogP) is 1.00. The molecule has 0 amide bonds. The molecular weight excluding hydrogens is 276 g/mol. The fourth-order valence-corrected chi connectivity index (χ4v) is 1.65. The number of fused-ring (bicyclic) bond motifs is 1. The molecule has 0 aliphatic heterocycles. The molecule has 0 fully saturated rings. The summed E-state index contributed by atoms with van der Waals surface area (Å²) in [5.74, 6) is -1.09. The van der Waals surface area contributed by atoms with Crippen molar-refractivity contribution in [2.24, 2.45) is 0 Å². The number of aromatic nitrogens is 2. The van der Waals surface area contributed by atoms with Crippen molar-refractivity contribution in [3.8, 4) is 0 Å². The van der Waals surface area contributed by atoms with E-state index in [1.165, 1.54) is 12.1 Å². The largest absolute Gasteiger partial charge is 0.323 e. The summed E-state index contributed by atoms with van der Waals surface area (Å²) in [7, 11) is 0. The molecule has 0 unspecified atom stereocenters. The molecule has 1 aromatic heterocycles.